The first-order valence-electron chi connectivity index (χ1n) is 8.63. The fourth-order valence-corrected chi connectivity index (χ4v) is 3.47. The molecule has 1 aromatic carbocycles. The minimum atomic E-state index is -0.427. The molecular weight excluding hydrogens is 330 g/mol. The number of para-hydroxylation sites is 2. The Bertz CT molecular complexity index is 948. The monoisotopic (exact) mass is 351 g/mol. The summed E-state index contributed by atoms with van der Waals surface area (Å²) in [6.07, 6.45) is 5.16. The lowest BCUT2D eigenvalue weighted by Crippen LogP contribution is -2.28. The Morgan fingerprint density at radius 1 is 1.35 bits per heavy atom. The van der Waals surface area contributed by atoms with E-state index in [0.29, 0.717) is 22.6 Å². The van der Waals surface area contributed by atoms with Gasteiger partial charge in [0.05, 0.1) is 12.7 Å². The van der Waals surface area contributed by atoms with Crippen molar-refractivity contribution in [2.75, 3.05) is 7.11 Å². The van der Waals surface area contributed by atoms with Crippen LogP contribution < -0.4 is 10.3 Å². The molecule has 0 radical (unpaired) electrons. The Labute approximate surface area is 152 Å². The van der Waals surface area contributed by atoms with Crippen molar-refractivity contribution in [3.8, 4) is 17.7 Å². The summed E-state index contributed by atoms with van der Waals surface area (Å²) in [5.74, 6) is 0.475. The topological polar surface area (TPSA) is 87.6 Å². The summed E-state index contributed by atoms with van der Waals surface area (Å²) >= 11 is 0. The minimum Gasteiger partial charge on any atom is -0.494 e. The van der Waals surface area contributed by atoms with E-state index in [1.54, 1.807) is 26.2 Å². The third-order valence-corrected chi connectivity index (χ3v) is 4.90. The fraction of sp³-hybridized carbons (Fsp3) is 0.350. The molecule has 0 aliphatic heterocycles. The van der Waals surface area contributed by atoms with E-state index in [4.69, 9.17) is 4.74 Å². The van der Waals surface area contributed by atoms with E-state index >= 15 is 0 Å². The Balaban J connectivity index is 2.15. The Kier molecular flexibility index (Phi) is 5.08. The summed E-state index contributed by atoms with van der Waals surface area (Å²) in [6.45, 7) is 1.66. The average Bonchev–Trinajstić information content (AvgIpc) is 3.16. The van der Waals surface area contributed by atoms with Crippen molar-refractivity contribution in [3.63, 3.8) is 0 Å². The van der Waals surface area contributed by atoms with E-state index in [9.17, 15) is 15.2 Å². The van der Waals surface area contributed by atoms with Gasteiger partial charge in [0, 0.05) is 12.3 Å². The highest BCUT2D eigenvalue weighted by Gasteiger charge is 2.25. The van der Waals surface area contributed by atoms with Crippen LogP contribution in [0.4, 0.5) is 5.69 Å². The number of nitrogens with zero attached hydrogens (tertiary/aromatic N) is 3. The summed E-state index contributed by atoms with van der Waals surface area (Å²) in [5.41, 5.74) is 1.05. The molecule has 2 aromatic rings. The van der Waals surface area contributed by atoms with Crippen LogP contribution in [0, 0.1) is 18.3 Å². The SMILES string of the molecule is COc1ccccc1N=Cc1c(C)c(C#N)c(=O)n(C2CCCC2)c1O. The van der Waals surface area contributed by atoms with Gasteiger partial charge in [0.2, 0.25) is 5.88 Å². The number of aromatic nitrogens is 1. The molecule has 6 nitrogen and oxygen atoms in total. The zero-order valence-corrected chi connectivity index (χ0v) is 14.9. The van der Waals surface area contributed by atoms with E-state index in [1.807, 2.05) is 18.2 Å². The molecule has 0 spiro atoms. The molecule has 134 valence electrons. The van der Waals surface area contributed by atoms with Crippen molar-refractivity contribution < 1.29 is 9.84 Å². The van der Waals surface area contributed by atoms with Crippen LogP contribution in [0.3, 0.4) is 0 Å². The molecule has 0 bridgehead atoms. The lowest BCUT2D eigenvalue weighted by Gasteiger charge is -2.19. The fourth-order valence-electron chi connectivity index (χ4n) is 3.47. The second kappa shape index (κ2) is 7.44. The lowest BCUT2D eigenvalue weighted by molar-refractivity contribution is 0.368. The van der Waals surface area contributed by atoms with Gasteiger partial charge in [-0.25, -0.2) is 0 Å². The van der Waals surface area contributed by atoms with Crippen LogP contribution in [0.5, 0.6) is 11.6 Å². The van der Waals surface area contributed by atoms with Crippen LogP contribution in [0.15, 0.2) is 34.1 Å². The first-order valence-corrected chi connectivity index (χ1v) is 8.63. The maximum Gasteiger partial charge on any atom is 0.271 e. The highest BCUT2D eigenvalue weighted by molar-refractivity contribution is 5.88. The minimum absolute atomic E-state index is 0.0520. The molecule has 0 unspecified atom stereocenters. The van der Waals surface area contributed by atoms with Gasteiger partial charge in [-0.15, -0.1) is 0 Å². The predicted molar refractivity (Wildman–Crippen MR) is 99.6 cm³/mol. The summed E-state index contributed by atoms with van der Waals surface area (Å²) in [7, 11) is 1.56. The molecule has 1 fully saturated rings. The van der Waals surface area contributed by atoms with Crippen LogP contribution in [-0.4, -0.2) is 23.0 Å². The third kappa shape index (κ3) is 3.08. The Hall–Kier alpha value is -3.07. The van der Waals surface area contributed by atoms with E-state index in [-0.39, 0.29) is 17.5 Å². The molecule has 1 heterocycles. The number of methoxy groups -OCH3 is 1. The normalized spacial score (nSPS) is 14.7. The molecular formula is C20H21N3O3. The van der Waals surface area contributed by atoms with Gasteiger partial charge in [-0.1, -0.05) is 25.0 Å². The van der Waals surface area contributed by atoms with Crippen LogP contribution in [-0.2, 0) is 0 Å². The summed E-state index contributed by atoms with van der Waals surface area (Å²) in [6, 6.07) is 9.17. The van der Waals surface area contributed by atoms with Crippen LogP contribution in [0.2, 0.25) is 0 Å². The van der Waals surface area contributed by atoms with Crippen molar-refractivity contribution in [3.05, 3.63) is 51.3 Å². The van der Waals surface area contributed by atoms with Crippen LogP contribution in [0.1, 0.15) is 48.4 Å². The van der Waals surface area contributed by atoms with Gasteiger partial charge < -0.3 is 9.84 Å². The summed E-state index contributed by atoms with van der Waals surface area (Å²) in [5, 5.41) is 20.2. The molecule has 6 heteroatoms. The lowest BCUT2D eigenvalue weighted by atomic mass is 10.0. The van der Waals surface area contributed by atoms with Gasteiger partial charge >= 0.3 is 0 Å². The van der Waals surface area contributed by atoms with Crippen LogP contribution in [0.25, 0.3) is 0 Å². The smallest absolute Gasteiger partial charge is 0.271 e. The number of hydrogen-bond acceptors (Lipinski definition) is 5. The van der Waals surface area contributed by atoms with Crippen molar-refractivity contribution in [1.82, 2.24) is 4.57 Å². The number of nitriles is 1. The van der Waals surface area contributed by atoms with Gasteiger partial charge in [0.15, 0.2) is 0 Å². The third-order valence-electron chi connectivity index (χ3n) is 4.90. The van der Waals surface area contributed by atoms with Crippen molar-refractivity contribution in [2.24, 2.45) is 4.99 Å². The summed E-state index contributed by atoms with van der Waals surface area (Å²) < 4.78 is 6.64. The number of hydrogen-bond donors (Lipinski definition) is 1. The predicted octanol–water partition coefficient (Wildman–Crippen LogP) is 3.61. The number of pyridine rings is 1. The molecule has 1 aliphatic rings. The maximum atomic E-state index is 12.7. The molecule has 3 rings (SSSR count). The Morgan fingerprint density at radius 3 is 2.69 bits per heavy atom. The van der Waals surface area contributed by atoms with Gasteiger partial charge in [-0.2, -0.15) is 5.26 Å². The molecule has 1 aliphatic carbocycles. The van der Waals surface area contributed by atoms with E-state index in [1.165, 1.54) is 10.8 Å². The first kappa shape index (κ1) is 17.7. The maximum absolute atomic E-state index is 12.7. The second-order valence-corrected chi connectivity index (χ2v) is 6.39. The van der Waals surface area contributed by atoms with E-state index in [0.717, 1.165) is 25.7 Å². The van der Waals surface area contributed by atoms with Gasteiger partial charge in [0.1, 0.15) is 23.1 Å². The number of ether oxygens (including phenoxy) is 1. The molecule has 1 N–H and O–H groups in total. The number of benzene rings is 1. The highest BCUT2D eigenvalue weighted by Crippen LogP contribution is 2.34. The Morgan fingerprint density at radius 2 is 2.04 bits per heavy atom. The molecule has 0 amide bonds. The largest absolute Gasteiger partial charge is 0.494 e. The number of aromatic hydroxyl groups is 1. The van der Waals surface area contributed by atoms with Crippen molar-refractivity contribution in [2.45, 2.75) is 38.6 Å². The van der Waals surface area contributed by atoms with E-state index < -0.39 is 5.56 Å². The zero-order chi connectivity index (χ0) is 18.7. The van der Waals surface area contributed by atoms with Crippen molar-refractivity contribution >= 4 is 11.9 Å². The van der Waals surface area contributed by atoms with Gasteiger partial charge in [0.25, 0.3) is 5.56 Å². The average molecular weight is 351 g/mol. The summed E-state index contributed by atoms with van der Waals surface area (Å²) in [4.78, 5) is 17.1. The molecule has 26 heavy (non-hydrogen) atoms. The van der Waals surface area contributed by atoms with E-state index in [2.05, 4.69) is 4.99 Å². The highest BCUT2D eigenvalue weighted by atomic mass is 16.5. The first-order chi connectivity index (χ1) is 12.6. The zero-order valence-electron chi connectivity index (χ0n) is 14.9. The quantitative estimate of drug-likeness (QED) is 0.852. The number of aliphatic imine (C=N–C) groups is 1. The standard InChI is InChI=1S/C20H21N3O3/c1-13-15(11-21)19(24)23(14-7-3-4-8-14)20(25)16(13)12-22-17-9-5-6-10-18(17)26-2/h5-6,9-10,12,14,25H,3-4,7-8H2,1-2H3. The van der Waals surface area contributed by atoms with Gasteiger partial charge in [-0.3, -0.25) is 14.4 Å². The molecule has 1 saturated carbocycles. The number of rotatable bonds is 4. The van der Waals surface area contributed by atoms with Gasteiger partial charge in [-0.05, 0) is 37.5 Å². The van der Waals surface area contributed by atoms with Crippen LogP contribution >= 0.6 is 0 Å². The molecule has 0 atom stereocenters. The van der Waals surface area contributed by atoms with Crippen molar-refractivity contribution in [1.29, 1.82) is 5.26 Å². The molecule has 1 aromatic heterocycles. The molecule has 0 saturated heterocycles. The second-order valence-electron chi connectivity index (χ2n) is 6.39.